The average molecular weight is 284 g/mol. The van der Waals surface area contributed by atoms with Gasteiger partial charge in [-0.05, 0) is 30.2 Å². The normalized spacial score (nSPS) is 20.9. The molecule has 1 saturated carbocycles. The zero-order valence-corrected chi connectivity index (χ0v) is 12.1. The molecule has 0 atom stereocenters. The quantitative estimate of drug-likeness (QED) is 0.910. The molecule has 1 aliphatic carbocycles. The molecule has 110 valence electrons. The summed E-state index contributed by atoms with van der Waals surface area (Å²) in [5.41, 5.74) is 0.832. The summed E-state index contributed by atoms with van der Waals surface area (Å²) in [5, 5.41) is 14.4. The van der Waals surface area contributed by atoms with E-state index < -0.39 is 0 Å². The highest BCUT2D eigenvalue weighted by Crippen LogP contribution is 2.28. The number of anilines is 1. The molecule has 2 aromatic carbocycles. The number of rotatable bonds is 3. The molecule has 0 saturated heterocycles. The first-order chi connectivity index (χ1) is 10.1. The van der Waals surface area contributed by atoms with Crippen LogP contribution in [0.25, 0.3) is 10.8 Å². The second-order valence-corrected chi connectivity index (χ2v) is 5.83. The summed E-state index contributed by atoms with van der Waals surface area (Å²) in [6, 6.07) is 13.8. The first-order valence-corrected chi connectivity index (χ1v) is 7.31. The third-order valence-electron chi connectivity index (χ3n) is 4.12. The largest absolute Gasteiger partial charge is 0.393 e. The minimum atomic E-state index is -0.176. The Bertz CT molecular complexity index is 645. The van der Waals surface area contributed by atoms with E-state index in [4.69, 9.17) is 0 Å². The third-order valence-corrected chi connectivity index (χ3v) is 4.12. The van der Waals surface area contributed by atoms with Crippen LogP contribution in [0.3, 0.4) is 0 Å². The standard InChI is InChI=1S/C17H20N2O2/c1-19(11-12-9-14(20)10-12)17(21)18-16-8-4-6-13-5-2-3-7-15(13)16/h2-8,12,14,20H,9-11H2,1H3,(H,18,21). The van der Waals surface area contributed by atoms with Crippen LogP contribution in [0.15, 0.2) is 42.5 Å². The first-order valence-electron chi connectivity index (χ1n) is 7.31. The number of hydrogen-bond donors (Lipinski definition) is 2. The zero-order valence-electron chi connectivity index (χ0n) is 12.1. The van der Waals surface area contributed by atoms with Crippen LogP contribution in [0.2, 0.25) is 0 Å². The van der Waals surface area contributed by atoms with Crippen LogP contribution in [-0.4, -0.2) is 35.7 Å². The van der Waals surface area contributed by atoms with Gasteiger partial charge in [0.05, 0.1) is 11.8 Å². The predicted molar refractivity (Wildman–Crippen MR) is 84.3 cm³/mol. The molecule has 0 unspecified atom stereocenters. The molecule has 0 aliphatic heterocycles. The summed E-state index contributed by atoms with van der Waals surface area (Å²) in [7, 11) is 1.80. The fraction of sp³-hybridized carbons (Fsp3) is 0.353. The molecule has 1 fully saturated rings. The summed E-state index contributed by atoms with van der Waals surface area (Å²) in [6.07, 6.45) is 1.42. The zero-order chi connectivity index (χ0) is 14.8. The molecule has 0 bridgehead atoms. The lowest BCUT2D eigenvalue weighted by atomic mass is 9.82. The average Bonchev–Trinajstić information content (AvgIpc) is 2.46. The van der Waals surface area contributed by atoms with Crippen molar-refractivity contribution in [2.75, 3.05) is 18.9 Å². The van der Waals surface area contributed by atoms with Crippen molar-refractivity contribution in [1.29, 1.82) is 0 Å². The Morgan fingerprint density at radius 2 is 1.95 bits per heavy atom. The first kappa shape index (κ1) is 13.9. The molecule has 0 heterocycles. The number of aliphatic hydroxyl groups excluding tert-OH is 1. The van der Waals surface area contributed by atoms with Crippen LogP contribution in [0.4, 0.5) is 10.5 Å². The van der Waals surface area contributed by atoms with E-state index in [0.29, 0.717) is 12.5 Å². The van der Waals surface area contributed by atoms with Gasteiger partial charge in [-0.2, -0.15) is 0 Å². The maximum atomic E-state index is 12.3. The fourth-order valence-electron chi connectivity index (χ4n) is 2.86. The number of carbonyl (C=O) groups is 1. The van der Waals surface area contributed by atoms with Gasteiger partial charge >= 0.3 is 6.03 Å². The van der Waals surface area contributed by atoms with Crippen molar-refractivity contribution in [3.63, 3.8) is 0 Å². The van der Waals surface area contributed by atoms with Crippen molar-refractivity contribution >= 4 is 22.5 Å². The van der Waals surface area contributed by atoms with Gasteiger partial charge in [0, 0.05) is 19.0 Å². The molecule has 4 heteroatoms. The number of fused-ring (bicyclic) bond motifs is 1. The van der Waals surface area contributed by atoms with Crippen LogP contribution < -0.4 is 5.32 Å². The number of carbonyl (C=O) groups excluding carboxylic acids is 1. The summed E-state index contributed by atoms with van der Waals surface area (Å²) < 4.78 is 0. The molecule has 0 radical (unpaired) electrons. The minimum absolute atomic E-state index is 0.104. The Labute approximate surface area is 124 Å². The Morgan fingerprint density at radius 3 is 2.71 bits per heavy atom. The van der Waals surface area contributed by atoms with Crippen molar-refractivity contribution < 1.29 is 9.90 Å². The minimum Gasteiger partial charge on any atom is -0.393 e. The maximum Gasteiger partial charge on any atom is 0.321 e. The van der Waals surface area contributed by atoms with Crippen LogP contribution in [-0.2, 0) is 0 Å². The van der Waals surface area contributed by atoms with E-state index in [1.54, 1.807) is 11.9 Å². The van der Waals surface area contributed by atoms with Gasteiger partial charge in [0.15, 0.2) is 0 Å². The Hall–Kier alpha value is -2.07. The maximum absolute atomic E-state index is 12.3. The molecule has 0 spiro atoms. The van der Waals surface area contributed by atoms with Crippen molar-refractivity contribution in [1.82, 2.24) is 4.90 Å². The molecule has 1 aliphatic rings. The SMILES string of the molecule is CN(CC1CC(O)C1)C(=O)Nc1cccc2ccccc12. The third kappa shape index (κ3) is 3.00. The van der Waals surface area contributed by atoms with E-state index in [9.17, 15) is 9.90 Å². The van der Waals surface area contributed by atoms with Gasteiger partial charge < -0.3 is 15.3 Å². The van der Waals surface area contributed by atoms with E-state index in [0.717, 1.165) is 29.3 Å². The molecule has 2 amide bonds. The number of amides is 2. The summed E-state index contributed by atoms with van der Waals surface area (Å²) in [6.45, 7) is 0.688. The fourth-order valence-corrected chi connectivity index (χ4v) is 2.86. The molecular formula is C17H20N2O2. The van der Waals surface area contributed by atoms with Crippen LogP contribution in [0.1, 0.15) is 12.8 Å². The lowest BCUT2D eigenvalue weighted by Crippen LogP contribution is -2.41. The van der Waals surface area contributed by atoms with E-state index in [1.807, 2.05) is 42.5 Å². The summed E-state index contributed by atoms with van der Waals surface area (Å²) in [4.78, 5) is 14.0. The number of nitrogens with one attached hydrogen (secondary N) is 1. The molecule has 2 N–H and O–H groups in total. The highest BCUT2D eigenvalue weighted by atomic mass is 16.3. The number of hydrogen-bond acceptors (Lipinski definition) is 2. The molecule has 21 heavy (non-hydrogen) atoms. The Kier molecular flexibility index (Phi) is 3.80. The van der Waals surface area contributed by atoms with Gasteiger partial charge in [0.1, 0.15) is 0 Å². The Morgan fingerprint density at radius 1 is 1.24 bits per heavy atom. The molecular weight excluding hydrogens is 264 g/mol. The molecule has 2 aromatic rings. The number of nitrogens with zero attached hydrogens (tertiary/aromatic N) is 1. The van der Waals surface area contributed by atoms with E-state index >= 15 is 0 Å². The van der Waals surface area contributed by atoms with Crippen molar-refractivity contribution in [3.05, 3.63) is 42.5 Å². The summed E-state index contributed by atoms with van der Waals surface area (Å²) in [5.74, 6) is 0.420. The van der Waals surface area contributed by atoms with Gasteiger partial charge in [-0.1, -0.05) is 36.4 Å². The topological polar surface area (TPSA) is 52.6 Å². The van der Waals surface area contributed by atoms with E-state index in [2.05, 4.69) is 5.32 Å². The lowest BCUT2D eigenvalue weighted by Gasteiger charge is -2.34. The monoisotopic (exact) mass is 284 g/mol. The van der Waals surface area contributed by atoms with Crippen LogP contribution in [0.5, 0.6) is 0 Å². The van der Waals surface area contributed by atoms with Crippen LogP contribution >= 0.6 is 0 Å². The van der Waals surface area contributed by atoms with E-state index in [1.165, 1.54) is 0 Å². The van der Waals surface area contributed by atoms with Crippen molar-refractivity contribution in [2.45, 2.75) is 18.9 Å². The van der Waals surface area contributed by atoms with Gasteiger partial charge in [-0.25, -0.2) is 4.79 Å². The Balaban J connectivity index is 1.68. The van der Waals surface area contributed by atoms with Crippen molar-refractivity contribution in [3.8, 4) is 0 Å². The number of aliphatic hydroxyl groups is 1. The lowest BCUT2D eigenvalue weighted by molar-refractivity contribution is 0.0332. The number of urea groups is 1. The van der Waals surface area contributed by atoms with Gasteiger partial charge in [-0.15, -0.1) is 0 Å². The molecule has 0 aromatic heterocycles. The van der Waals surface area contributed by atoms with Crippen molar-refractivity contribution in [2.24, 2.45) is 5.92 Å². The second-order valence-electron chi connectivity index (χ2n) is 5.83. The van der Waals surface area contributed by atoms with E-state index in [-0.39, 0.29) is 12.1 Å². The van der Waals surface area contributed by atoms with Gasteiger partial charge in [0.2, 0.25) is 0 Å². The smallest absolute Gasteiger partial charge is 0.321 e. The molecule has 3 rings (SSSR count). The van der Waals surface area contributed by atoms with Crippen LogP contribution in [0, 0.1) is 5.92 Å². The van der Waals surface area contributed by atoms with Gasteiger partial charge in [0.25, 0.3) is 0 Å². The highest BCUT2D eigenvalue weighted by molar-refractivity contribution is 6.01. The summed E-state index contributed by atoms with van der Waals surface area (Å²) >= 11 is 0. The number of benzene rings is 2. The second kappa shape index (κ2) is 5.74. The van der Waals surface area contributed by atoms with Gasteiger partial charge in [-0.3, -0.25) is 0 Å². The highest BCUT2D eigenvalue weighted by Gasteiger charge is 2.29. The molecule has 4 nitrogen and oxygen atoms in total. The predicted octanol–water partition coefficient (Wildman–Crippen LogP) is 3.07.